The summed E-state index contributed by atoms with van der Waals surface area (Å²) in [5, 5.41) is 21.2. The van der Waals surface area contributed by atoms with E-state index in [1.54, 1.807) is 28.9 Å². The van der Waals surface area contributed by atoms with Gasteiger partial charge in [0.2, 0.25) is 0 Å². The Labute approximate surface area is 187 Å². The average molecular weight is 451 g/mol. The van der Waals surface area contributed by atoms with Crippen LogP contribution in [0, 0.1) is 5.92 Å². The van der Waals surface area contributed by atoms with E-state index in [0.29, 0.717) is 18.8 Å². The molecule has 2 aliphatic heterocycles. The van der Waals surface area contributed by atoms with Crippen molar-refractivity contribution in [3.63, 3.8) is 0 Å². The molecule has 8 heteroatoms. The molecule has 5 heterocycles. The van der Waals surface area contributed by atoms with Crippen LogP contribution in [0.25, 0.3) is 20.7 Å². The zero-order valence-corrected chi connectivity index (χ0v) is 18.6. The van der Waals surface area contributed by atoms with Crippen molar-refractivity contribution in [3.05, 3.63) is 58.7 Å². The van der Waals surface area contributed by atoms with E-state index in [2.05, 4.69) is 17.1 Å². The van der Waals surface area contributed by atoms with Gasteiger partial charge in [-0.1, -0.05) is 19.1 Å². The Bertz CT molecular complexity index is 1230. The second kappa shape index (κ2) is 6.98. The first kappa shape index (κ1) is 19.2. The number of nitrogens with zero attached hydrogens (tertiary/aromatic N) is 3. The number of fused-ring (bicyclic) bond motifs is 3. The summed E-state index contributed by atoms with van der Waals surface area (Å²) in [5.74, 6) is 0.418. The Morgan fingerprint density at radius 2 is 2.19 bits per heavy atom. The van der Waals surface area contributed by atoms with Crippen molar-refractivity contribution < 1.29 is 9.90 Å². The Balaban J connectivity index is 1.29. The van der Waals surface area contributed by atoms with Gasteiger partial charge < -0.3 is 10.0 Å². The number of hydrogen-bond donors (Lipinski definition) is 2. The fraction of sp³-hybridized carbons (Fsp3) is 0.348. The average Bonchev–Trinajstić information content (AvgIpc) is 3.54. The normalized spacial score (nSPS) is 27.8. The van der Waals surface area contributed by atoms with Gasteiger partial charge >= 0.3 is 0 Å². The Hall–Kier alpha value is -2.55. The minimum atomic E-state index is -0.975. The number of H-pyrrole nitrogens is 1. The first-order chi connectivity index (χ1) is 15.0. The lowest BCUT2D eigenvalue weighted by Gasteiger charge is -2.43. The molecule has 6 nitrogen and oxygen atoms in total. The van der Waals surface area contributed by atoms with Crippen LogP contribution in [0.5, 0.6) is 0 Å². The van der Waals surface area contributed by atoms with Gasteiger partial charge in [-0.2, -0.15) is 5.10 Å². The second-order valence-electron chi connectivity index (χ2n) is 8.76. The van der Waals surface area contributed by atoms with Crippen molar-refractivity contribution >= 4 is 38.8 Å². The highest BCUT2D eigenvalue weighted by atomic mass is 32.1. The van der Waals surface area contributed by atoms with Crippen LogP contribution in [0.3, 0.4) is 0 Å². The fourth-order valence-electron chi connectivity index (χ4n) is 5.24. The standard InChI is InChI=1S/C23H22N4O2S2/c1-13-6-16-8-23(29,22-26-17-4-2-3-5-19(17)31-22)9-18(13)27(16)21(28)14-7-20(30-12-14)15-10-24-25-11-15/h2-5,7,10-13,16,18,29H,6,8-9H2,1H3,(H,24,25). The molecule has 0 saturated carbocycles. The summed E-state index contributed by atoms with van der Waals surface area (Å²) < 4.78 is 1.09. The summed E-state index contributed by atoms with van der Waals surface area (Å²) in [7, 11) is 0. The molecule has 4 aromatic rings. The van der Waals surface area contributed by atoms with E-state index in [1.165, 1.54) is 0 Å². The van der Waals surface area contributed by atoms with E-state index >= 15 is 0 Å². The number of nitrogens with one attached hydrogen (secondary N) is 1. The van der Waals surface area contributed by atoms with Crippen molar-refractivity contribution in [2.45, 2.75) is 43.9 Å². The highest BCUT2D eigenvalue weighted by molar-refractivity contribution is 7.18. The monoisotopic (exact) mass is 450 g/mol. The smallest absolute Gasteiger partial charge is 0.255 e. The van der Waals surface area contributed by atoms with Gasteiger partial charge in [0.1, 0.15) is 10.6 Å². The topological polar surface area (TPSA) is 82.1 Å². The molecular formula is C23H22N4O2S2. The summed E-state index contributed by atoms with van der Waals surface area (Å²) in [6.45, 7) is 2.19. The third-order valence-corrected chi connectivity index (χ3v) is 8.94. The van der Waals surface area contributed by atoms with Gasteiger partial charge in [-0.3, -0.25) is 9.89 Å². The number of aliphatic hydroxyl groups is 1. The molecule has 158 valence electrons. The first-order valence-corrected chi connectivity index (χ1v) is 12.2. The molecule has 1 amide bonds. The summed E-state index contributed by atoms with van der Waals surface area (Å²) >= 11 is 3.13. The zero-order valence-electron chi connectivity index (χ0n) is 17.0. The van der Waals surface area contributed by atoms with Crippen LogP contribution >= 0.6 is 22.7 Å². The number of hydrogen-bond acceptors (Lipinski definition) is 6. The highest BCUT2D eigenvalue weighted by Gasteiger charge is 2.54. The second-order valence-corrected chi connectivity index (χ2v) is 10.7. The van der Waals surface area contributed by atoms with Crippen LogP contribution in [-0.4, -0.2) is 43.2 Å². The number of carbonyl (C=O) groups is 1. The maximum absolute atomic E-state index is 13.5. The van der Waals surface area contributed by atoms with E-state index in [9.17, 15) is 9.90 Å². The summed E-state index contributed by atoms with van der Waals surface area (Å²) in [6, 6.07) is 10.0. The van der Waals surface area contributed by atoms with Gasteiger partial charge in [0.25, 0.3) is 5.91 Å². The molecule has 0 aliphatic carbocycles. The number of thiazole rings is 1. The molecule has 2 N–H and O–H groups in total. The minimum absolute atomic E-state index is 0.0144. The van der Waals surface area contributed by atoms with E-state index in [4.69, 9.17) is 4.98 Å². The number of aromatic amines is 1. The molecule has 0 spiro atoms. The maximum atomic E-state index is 13.5. The van der Waals surface area contributed by atoms with Crippen molar-refractivity contribution in [3.8, 4) is 10.4 Å². The molecule has 31 heavy (non-hydrogen) atoms. The molecule has 3 aromatic heterocycles. The van der Waals surface area contributed by atoms with Crippen LogP contribution in [0.2, 0.25) is 0 Å². The molecular weight excluding hydrogens is 428 g/mol. The minimum Gasteiger partial charge on any atom is -0.383 e. The van der Waals surface area contributed by atoms with E-state index < -0.39 is 5.60 Å². The molecule has 4 unspecified atom stereocenters. The van der Waals surface area contributed by atoms with Crippen molar-refractivity contribution in [2.24, 2.45) is 5.92 Å². The third-order valence-electron chi connectivity index (χ3n) is 6.73. The summed E-state index contributed by atoms with van der Waals surface area (Å²) in [5.41, 5.74) is 1.66. The summed E-state index contributed by atoms with van der Waals surface area (Å²) in [6.07, 6.45) is 5.60. The zero-order chi connectivity index (χ0) is 21.2. The first-order valence-electron chi connectivity index (χ1n) is 10.5. The van der Waals surface area contributed by atoms with Crippen molar-refractivity contribution in [1.82, 2.24) is 20.1 Å². The molecule has 2 fully saturated rings. The van der Waals surface area contributed by atoms with Gasteiger partial charge in [-0.15, -0.1) is 22.7 Å². The molecule has 2 aliphatic rings. The number of para-hydroxylation sites is 1. The van der Waals surface area contributed by atoms with Gasteiger partial charge in [0.05, 0.1) is 22.0 Å². The quantitative estimate of drug-likeness (QED) is 0.476. The van der Waals surface area contributed by atoms with Crippen LogP contribution in [0.1, 0.15) is 41.6 Å². The number of aromatic nitrogens is 3. The largest absolute Gasteiger partial charge is 0.383 e. The van der Waals surface area contributed by atoms with Crippen LogP contribution in [-0.2, 0) is 5.60 Å². The highest BCUT2D eigenvalue weighted by Crippen LogP contribution is 2.49. The van der Waals surface area contributed by atoms with Gasteiger partial charge in [-0.05, 0) is 30.5 Å². The van der Waals surface area contributed by atoms with E-state index in [0.717, 1.165) is 37.6 Å². The van der Waals surface area contributed by atoms with Crippen molar-refractivity contribution in [2.75, 3.05) is 0 Å². The Morgan fingerprint density at radius 3 is 2.97 bits per heavy atom. The number of carbonyl (C=O) groups excluding carboxylic acids is 1. The van der Waals surface area contributed by atoms with Gasteiger partial charge in [0.15, 0.2) is 0 Å². The third kappa shape index (κ3) is 3.04. The lowest BCUT2D eigenvalue weighted by molar-refractivity contribution is -0.0506. The van der Waals surface area contributed by atoms with Crippen LogP contribution in [0.15, 0.2) is 48.1 Å². The molecule has 0 radical (unpaired) electrons. The number of piperidine rings is 1. The maximum Gasteiger partial charge on any atom is 0.255 e. The molecule has 2 saturated heterocycles. The number of rotatable bonds is 3. The van der Waals surface area contributed by atoms with Crippen LogP contribution in [0.4, 0.5) is 0 Å². The van der Waals surface area contributed by atoms with Crippen molar-refractivity contribution in [1.29, 1.82) is 0 Å². The van der Waals surface area contributed by atoms with E-state index in [1.807, 2.05) is 46.8 Å². The number of thiophene rings is 1. The van der Waals surface area contributed by atoms with E-state index in [-0.39, 0.29) is 18.0 Å². The number of benzene rings is 1. The lowest BCUT2D eigenvalue weighted by Crippen LogP contribution is -2.52. The van der Waals surface area contributed by atoms with Crippen LogP contribution < -0.4 is 0 Å². The predicted octanol–water partition coefficient (Wildman–Crippen LogP) is 4.65. The van der Waals surface area contributed by atoms with Gasteiger partial charge in [0, 0.05) is 46.9 Å². The SMILES string of the molecule is CC1CC2CC(O)(c3nc4ccccc4s3)CC1N2C(=O)c1csc(-c2cn[nH]c2)c1. The Morgan fingerprint density at radius 1 is 1.32 bits per heavy atom. The van der Waals surface area contributed by atoms with Gasteiger partial charge in [-0.25, -0.2) is 4.98 Å². The molecule has 6 rings (SSSR count). The lowest BCUT2D eigenvalue weighted by atomic mass is 9.85. The Kier molecular flexibility index (Phi) is 4.31. The summed E-state index contributed by atoms with van der Waals surface area (Å²) in [4.78, 5) is 21.3. The predicted molar refractivity (Wildman–Crippen MR) is 122 cm³/mol. The molecule has 2 bridgehead atoms. The number of amides is 1. The molecule has 1 aromatic carbocycles. The molecule has 4 atom stereocenters. The fourth-order valence-corrected chi connectivity index (χ4v) is 7.18.